The second kappa shape index (κ2) is 8.48. The third-order valence-electron chi connectivity index (χ3n) is 4.68. The molecule has 0 aliphatic carbocycles. The summed E-state index contributed by atoms with van der Waals surface area (Å²) in [7, 11) is 0. The van der Waals surface area contributed by atoms with Crippen LogP contribution in [0.5, 0.6) is 0 Å². The predicted molar refractivity (Wildman–Crippen MR) is 103 cm³/mol. The minimum absolute atomic E-state index is 0.0128. The van der Waals surface area contributed by atoms with Crippen molar-refractivity contribution in [2.75, 3.05) is 31.5 Å². The van der Waals surface area contributed by atoms with E-state index in [9.17, 15) is 4.79 Å². The first-order chi connectivity index (χ1) is 12.1. The Balaban J connectivity index is 1.49. The van der Waals surface area contributed by atoms with Gasteiger partial charge in [0.25, 0.3) is 0 Å². The number of rotatable bonds is 5. The Morgan fingerprint density at radius 3 is 2.48 bits per heavy atom. The Hall–Kier alpha value is -1.88. The van der Waals surface area contributed by atoms with Crippen LogP contribution in [0, 0.1) is 0 Å². The molecule has 0 radical (unpaired) electrons. The molecule has 5 heteroatoms. The number of carbonyl (C=O) groups excluding carboxylic acids is 1. The zero-order valence-electron chi connectivity index (χ0n) is 14.5. The van der Waals surface area contributed by atoms with Gasteiger partial charge in [0.2, 0.25) is 5.91 Å². The highest BCUT2D eigenvalue weighted by molar-refractivity contribution is 6.30. The first-order valence-corrected chi connectivity index (χ1v) is 9.06. The van der Waals surface area contributed by atoms with Crippen molar-refractivity contribution in [1.82, 2.24) is 9.80 Å². The minimum atomic E-state index is -0.155. The van der Waals surface area contributed by atoms with Crippen molar-refractivity contribution in [2.45, 2.75) is 19.5 Å². The highest BCUT2D eigenvalue weighted by Crippen LogP contribution is 2.16. The van der Waals surface area contributed by atoms with E-state index in [1.54, 1.807) is 12.1 Å². The van der Waals surface area contributed by atoms with Gasteiger partial charge in [-0.3, -0.25) is 14.6 Å². The van der Waals surface area contributed by atoms with Gasteiger partial charge in [0.15, 0.2) is 0 Å². The van der Waals surface area contributed by atoms with Gasteiger partial charge in [0.1, 0.15) is 0 Å². The molecule has 1 saturated heterocycles. The van der Waals surface area contributed by atoms with Gasteiger partial charge in [-0.25, -0.2) is 0 Å². The molecule has 2 aromatic carbocycles. The number of benzene rings is 2. The van der Waals surface area contributed by atoms with Gasteiger partial charge in [0, 0.05) is 43.4 Å². The number of piperazine rings is 1. The molecule has 3 rings (SSSR count). The number of hydrogen-bond donors (Lipinski definition) is 1. The first-order valence-electron chi connectivity index (χ1n) is 8.68. The lowest BCUT2D eigenvalue weighted by Gasteiger charge is -2.37. The summed E-state index contributed by atoms with van der Waals surface area (Å²) in [5, 5.41) is 3.58. The average molecular weight is 358 g/mol. The minimum Gasteiger partial charge on any atom is -0.325 e. The van der Waals surface area contributed by atoms with E-state index < -0.39 is 0 Å². The molecule has 1 aliphatic rings. The van der Waals surface area contributed by atoms with E-state index in [2.05, 4.69) is 39.4 Å². The zero-order valence-corrected chi connectivity index (χ0v) is 15.2. The standard InChI is InChI=1S/C20H24ClN3O/c1-16(20(25)22-19-9-5-8-18(21)14-19)24-12-10-23(11-13-24)15-17-6-3-2-4-7-17/h2-9,14,16H,10-13,15H2,1H3,(H,22,25)/t16-/m1/s1. The highest BCUT2D eigenvalue weighted by Gasteiger charge is 2.25. The van der Waals surface area contributed by atoms with E-state index in [0.717, 1.165) is 38.4 Å². The second-order valence-electron chi connectivity index (χ2n) is 6.47. The average Bonchev–Trinajstić information content (AvgIpc) is 2.62. The predicted octanol–water partition coefficient (Wildman–Crippen LogP) is 3.48. The van der Waals surface area contributed by atoms with Crippen LogP contribution in [0.15, 0.2) is 54.6 Å². The van der Waals surface area contributed by atoms with Crippen LogP contribution in [0.3, 0.4) is 0 Å². The van der Waals surface area contributed by atoms with E-state index >= 15 is 0 Å². The van der Waals surface area contributed by atoms with Crippen molar-refractivity contribution in [1.29, 1.82) is 0 Å². The lowest BCUT2D eigenvalue weighted by atomic mass is 10.1. The van der Waals surface area contributed by atoms with E-state index in [1.165, 1.54) is 5.56 Å². The Kier molecular flexibility index (Phi) is 6.08. The fraction of sp³-hybridized carbons (Fsp3) is 0.350. The molecular formula is C20H24ClN3O. The molecule has 0 bridgehead atoms. The summed E-state index contributed by atoms with van der Waals surface area (Å²) in [6.45, 7) is 6.69. The maximum absolute atomic E-state index is 12.5. The number of hydrogen-bond acceptors (Lipinski definition) is 3. The normalized spacial score (nSPS) is 17.2. The fourth-order valence-electron chi connectivity index (χ4n) is 3.13. The molecule has 1 amide bonds. The van der Waals surface area contributed by atoms with E-state index in [4.69, 9.17) is 11.6 Å². The molecule has 132 valence electrons. The molecule has 1 atom stereocenters. The van der Waals surface area contributed by atoms with Gasteiger partial charge in [-0.2, -0.15) is 0 Å². The van der Waals surface area contributed by atoms with Gasteiger partial charge >= 0.3 is 0 Å². The fourth-order valence-corrected chi connectivity index (χ4v) is 3.32. The monoisotopic (exact) mass is 357 g/mol. The molecule has 0 spiro atoms. The summed E-state index contributed by atoms with van der Waals surface area (Å²) < 4.78 is 0. The maximum atomic E-state index is 12.5. The summed E-state index contributed by atoms with van der Waals surface area (Å²) in [4.78, 5) is 17.2. The Morgan fingerprint density at radius 1 is 1.08 bits per heavy atom. The number of halogens is 1. The van der Waals surface area contributed by atoms with Crippen LogP contribution >= 0.6 is 11.6 Å². The summed E-state index contributed by atoms with van der Waals surface area (Å²) in [6.07, 6.45) is 0. The summed E-state index contributed by atoms with van der Waals surface area (Å²) in [6, 6.07) is 17.6. The van der Waals surface area contributed by atoms with E-state index in [-0.39, 0.29) is 11.9 Å². The lowest BCUT2D eigenvalue weighted by Crippen LogP contribution is -2.52. The molecule has 1 fully saturated rings. The van der Waals surface area contributed by atoms with Crippen LogP contribution in [-0.4, -0.2) is 47.9 Å². The molecule has 0 unspecified atom stereocenters. The summed E-state index contributed by atoms with van der Waals surface area (Å²) in [5.74, 6) is 0.0128. The van der Waals surface area contributed by atoms with Crippen LogP contribution in [0.1, 0.15) is 12.5 Å². The summed E-state index contributed by atoms with van der Waals surface area (Å²) in [5.41, 5.74) is 2.08. The van der Waals surface area contributed by atoms with Crippen molar-refractivity contribution in [3.8, 4) is 0 Å². The topological polar surface area (TPSA) is 35.6 Å². The molecule has 25 heavy (non-hydrogen) atoms. The van der Waals surface area contributed by atoms with Crippen molar-refractivity contribution < 1.29 is 4.79 Å². The number of anilines is 1. The van der Waals surface area contributed by atoms with Crippen LogP contribution in [0.25, 0.3) is 0 Å². The second-order valence-corrected chi connectivity index (χ2v) is 6.91. The van der Waals surface area contributed by atoms with Crippen molar-refractivity contribution in [2.24, 2.45) is 0 Å². The number of amides is 1. The smallest absolute Gasteiger partial charge is 0.241 e. The van der Waals surface area contributed by atoms with Gasteiger partial charge in [-0.05, 0) is 30.7 Å². The molecule has 2 aromatic rings. The third-order valence-corrected chi connectivity index (χ3v) is 4.91. The summed E-state index contributed by atoms with van der Waals surface area (Å²) >= 11 is 5.97. The molecule has 1 N–H and O–H groups in total. The Labute approximate surface area is 154 Å². The van der Waals surface area contributed by atoms with Gasteiger partial charge in [-0.1, -0.05) is 48.0 Å². The van der Waals surface area contributed by atoms with Crippen LogP contribution in [0.2, 0.25) is 5.02 Å². The lowest BCUT2D eigenvalue weighted by molar-refractivity contribution is -0.121. The maximum Gasteiger partial charge on any atom is 0.241 e. The quantitative estimate of drug-likeness (QED) is 0.889. The van der Waals surface area contributed by atoms with E-state index in [0.29, 0.717) is 5.02 Å². The molecule has 0 aromatic heterocycles. The van der Waals surface area contributed by atoms with Crippen molar-refractivity contribution in [3.05, 3.63) is 65.2 Å². The first kappa shape index (κ1) is 17.9. The largest absolute Gasteiger partial charge is 0.325 e. The Morgan fingerprint density at radius 2 is 1.80 bits per heavy atom. The third kappa shape index (κ3) is 5.05. The molecule has 1 heterocycles. The SMILES string of the molecule is C[C@H](C(=O)Nc1cccc(Cl)c1)N1CCN(Cc2ccccc2)CC1. The Bertz CT molecular complexity index is 699. The number of nitrogens with one attached hydrogen (secondary N) is 1. The number of nitrogens with zero attached hydrogens (tertiary/aromatic N) is 2. The molecule has 0 saturated carbocycles. The van der Waals surface area contributed by atoms with Crippen molar-refractivity contribution in [3.63, 3.8) is 0 Å². The van der Waals surface area contributed by atoms with Crippen LogP contribution in [0.4, 0.5) is 5.69 Å². The van der Waals surface area contributed by atoms with Gasteiger partial charge in [-0.15, -0.1) is 0 Å². The molecular weight excluding hydrogens is 334 g/mol. The molecule has 4 nitrogen and oxygen atoms in total. The van der Waals surface area contributed by atoms with Crippen LogP contribution < -0.4 is 5.32 Å². The van der Waals surface area contributed by atoms with Gasteiger partial charge in [0.05, 0.1) is 6.04 Å². The zero-order chi connectivity index (χ0) is 17.6. The van der Waals surface area contributed by atoms with Gasteiger partial charge < -0.3 is 5.32 Å². The highest BCUT2D eigenvalue weighted by atomic mass is 35.5. The number of carbonyl (C=O) groups is 1. The molecule has 1 aliphatic heterocycles. The van der Waals surface area contributed by atoms with Crippen LogP contribution in [-0.2, 0) is 11.3 Å². The van der Waals surface area contributed by atoms with E-state index in [1.807, 2.05) is 25.1 Å². The van der Waals surface area contributed by atoms with Crippen molar-refractivity contribution >= 4 is 23.2 Å².